The molecule has 1 atom stereocenters. The number of halogens is 1. The van der Waals surface area contributed by atoms with Gasteiger partial charge in [-0.3, -0.25) is 9.59 Å². The summed E-state index contributed by atoms with van der Waals surface area (Å²) in [4.78, 5) is 32.0. The molecule has 3 aromatic carbocycles. The molecule has 2 aliphatic rings. The fraction of sp³-hybridized carbons (Fsp3) is 0.281. The Balaban J connectivity index is 1.16. The van der Waals surface area contributed by atoms with E-state index in [-0.39, 0.29) is 48.4 Å². The third-order valence-electron chi connectivity index (χ3n) is 7.40. The highest BCUT2D eigenvalue weighted by atomic mass is 19.1. The molecule has 1 aliphatic carbocycles. The van der Waals surface area contributed by atoms with Crippen molar-refractivity contribution in [3.05, 3.63) is 118 Å². The maximum atomic E-state index is 13.4. The van der Waals surface area contributed by atoms with Crippen LogP contribution in [0.5, 0.6) is 5.75 Å². The van der Waals surface area contributed by atoms with Crippen LogP contribution in [0.4, 0.5) is 4.39 Å². The number of hydrogen-bond donors (Lipinski definition) is 1. The number of aromatic nitrogens is 1. The minimum absolute atomic E-state index is 0.0375. The van der Waals surface area contributed by atoms with Crippen molar-refractivity contribution in [2.75, 3.05) is 6.54 Å². The smallest absolute Gasteiger partial charge is 0.273 e. The predicted molar refractivity (Wildman–Crippen MR) is 146 cm³/mol. The number of benzene rings is 3. The standard InChI is InChI=1S/C32H30FN3O4/c1-20-4-2-6-24(14-20)30-27-16-26(11-10-22(27)12-13-36(30)32(38)23-8-9-23)39-19-29-35-28(18-40-29)31(37)34-17-21-5-3-7-25(33)15-21/h2-7,10-11,14-16,18,23,30H,8-9,12-13,17,19H2,1H3,(H,34,37). The Labute approximate surface area is 232 Å². The van der Waals surface area contributed by atoms with Gasteiger partial charge in [-0.05, 0) is 72.7 Å². The zero-order chi connectivity index (χ0) is 27.6. The Morgan fingerprint density at radius 1 is 1.10 bits per heavy atom. The van der Waals surface area contributed by atoms with Gasteiger partial charge >= 0.3 is 0 Å². The topological polar surface area (TPSA) is 84.7 Å². The fourth-order valence-corrected chi connectivity index (χ4v) is 5.23. The number of amides is 2. The van der Waals surface area contributed by atoms with Crippen molar-refractivity contribution >= 4 is 11.8 Å². The van der Waals surface area contributed by atoms with Crippen LogP contribution in [0.3, 0.4) is 0 Å². The molecule has 1 saturated carbocycles. The maximum Gasteiger partial charge on any atom is 0.273 e. The predicted octanol–water partition coefficient (Wildman–Crippen LogP) is 5.52. The molecule has 1 fully saturated rings. The molecule has 204 valence electrons. The first kappa shape index (κ1) is 25.8. The van der Waals surface area contributed by atoms with E-state index in [1.165, 1.54) is 24.0 Å². The van der Waals surface area contributed by atoms with Gasteiger partial charge in [-0.1, -0.05) is 48.0 Å². The third-order valence-corrected chi connectivity index (χ3v) is 7.40. The van der Waals surface area contributed by atoms with Gasteiger partial charge in [-0.2, -0.15) is 0 Å². The number of aryl methyl sites for hydroxylation is 1. The SMILES string of the molecule is Cc1cccc(C2c3cc(OCc4nc(C(=O)NCc5cccc(F)c5)co4)ccc3CCN2C(=O)C2CC2)c1. The van der Waals surface area contributed by atoms with E-state index in [1.54, 1.807) is 12.1 Å². The second kappa shape index (κ2) is 11.0. The molecule has 0 saturated heterocycles. The minimum Gasteiger partial charge on any atom is -0.484 e. The summed E-state index contributed by atoms with van der Waals surface area (Å²) in [5.74, 6) is 0.476. The molecule has 6 rings (SSSR count). The summed E-state index contributed by atoms with van der Waals surface area (Å²) in [5.41, 5.74) is 5.27. The summed E-state index contributed by atoms with van der Waals surface area (Å²) in [6, 6.07) is 20.2. The first-order valence-electron chi connectivity index (χ1n) is 13.5. The molecule has 8 heteroatoms. The summed E-state index contributed by atoms with van der Waals surface area (Å²) in [7, 11) is 0. The van der Waals surface area contributed by atoms with Crippen LogP contribution in [-0.2, 0) is 24.4 Å². The molecule has 0 radical (unpaired) electrons. The zero-order valence-electron chi connectivity index (χ0n) is 22.2. The van der Waals surface area contributed by atoms with E-state index in [0.717, 1.165) is 36.0 Å². The Kier molecular flexibility index (Phi) is 7.07. The summed E-state index contributed by atoms with van der Waals surface area (Å²) in [6.45, 7) is 2.97. The molecule has 4 aromatic rings. The van der Waals surface area contributed by atoms with Crippen LogP contribution < -0.4 is 10.1 Å². The van der Waals surface area contributed by atoms with E-state index < -0.39 is 5.91 Å². The maximum absolute atomic E-state index is 13.4. The van der Waals surface area contributed by atoms with Crippen LogP contribution in [0.1, 0.15) is 63.1 Å². The zero-order valence-corrected chi connectivity index (χ0v) is 22.2. The molecule has 40 heavy (non-hydrogen) atoms. The van der Waals surface area contributed by atoms with Crippen LogP contribution in [0.15, 0.2) is 77.4 Å². The van der Waals surface area contributed by atoms with Crippen molar-refractivity contribution in [2.45, 2.75) is 45.4 Å². The van der Waals surface area contributed by atoms with E-state index in [9.17, 15) is 14.0 Å². The third kappa shape index (κ3) is 5.61. The number of oxazole rings is 1. The van der Waals surface area contributed by atoms with Crippen LogP contribution in [-0.4, -0.2) is 28.2 Å². The first-order valence-corrected chi connectivity index (χ1v) is 13.5. The monoisotopic (exact) mass is 539 g/mol. The first-order chi connectivity index (χ1) is 19.4. The minimum atomic E-state index is -0.422. The second-order valence-electron chi connectivity index (χ2n) is 10.5. The number of hydrogen-bond acceptors (Lipinski definition) is 5. The number of ether oxygens (including phenoxy) is 1. The van der Waals surface area contributed by atoms with Gasteiger partial charge in [0.2, 0.25) is 11.8 Å². The van der Waals surface area contributed by atoms with E-state index in [1.807, 2.05) is 23.1 Å². The number of nitrogens with one attached hydrogen (secondary N) is 1. The molecule has 0 spiro atoms. The van der Waals surface area contributed by atoms with Crippen LogP contribution in [0.25, 0.3) is 0 Å². The molecule has 2 amide bonds. The lowest BCUT2D eigenvalue weighted by molar-refractivity contribution is -0.134. The molecule has 0 bridgehead atoms. The van der Waals surface area contributed by atoms with Gasteiger partial charge in [0.25, 0.3) is 5.91 Å². The van der Waals surface area contributed by atoms with Crippen LogP contribution in [0.2, 0.25) is 0 Å². The fourth-order valence-electron chi connectivity index (χ4n) is 5.23. The quantitative estimate of drug-likeness (QED) is 0.319. The molecular formula is C32H30FN3O4. The van der Waals surface area contributed by atoms with Crippen molar-refractivity contribution in [1.82, 2.24) is 15.2 Å². The van der Waals surface area contributed by atoms with Crippen molar-refractivity contribution in [3.63, 3.8) is 0 Å². The number of carbonyl (C=O) groups excluding carboxylic acids is 2. The average Bonchev–Trinajstić information content (AvgIpc) is 3.71. The summed E-state index contributed by atoms with van der Waals surface area (Å²) in [6.07, 6.45) is 4.01. The second-order valence-corrected chi connectivity index (χ2v) is 10.5. The van der Waals surface area contributed by atoms with Gasteiger partial charge in [0.05, 0.1) is 6.04 Å². The Morgan fingerprint density at radius 2 is 1.95 bits per heavy atom. The average molecular weight is 540 g/mol. The van der Waals surface area contributed by atoms with Crippen molar-refractivity contribution in [2.24, 2.45) is 5.92 Å². The van der Waals surface area contributed by atoms with Gasteiger partial charge in [-0.25, -0.2) is 9.37 Å². The number of fused-ring (bicyclic) bond motifs is 1. The lowest BCUT2D eigenvalue weighted by Gasteiger charge is -2.38. The molecule has 1 N–H and O–H groups in total. The molecule has 7 nitrogen and oxygen atoms in total. The number of carbonyl (C=O) groups is 2. The summed E-state index contributed by atoms with van der Waals surface area (Å²) >= 11 is 0. The van der Waals surface area contributed by atoms with E-state index >= 15 is 0 Å². The van der Waals surface area contributed by atoms with Gasteiger partial charge in [0, 0.05) is 19.0 Å². The van der Waals surface area contributed by atoms with Gasteiger partial charge in [-0.15, -0.1) is 0 Å². The lowest BCUT2D eigenvalue weighted by Crippen LogP contribution is -2.41. The van der Waals surface area contributed by atoms with E-state index in [4.69, 9.17) is 9.15 Å². The van der Waals surface area contributed by atoms with Crippen LogP contribution >= 0.6 is 0 Å². The highest BCUT2D eigenvalue weighted by Gasteiger charge is 2.39. The normalized spacial score (nSPS) is 16.4. The van der Waals surface area contributed by atoms with Crippen molar-refractivity contribution in [1.29, 1.82) is 0 Å². The Morgan fingerprint density at radius 3 is 2.75 bits per heavy atom. The highest BCUT2D eigenvalue weighted by Crippen LogP contribution is 2.41. The molecule has 2 heterocycles. The van der Waals surface area contributed by atoms with Gasteiger partial charge < -0.3 is 19.4 Å². The largest absolute Gasteiger partial charge is 0.484 e. The molecule has 1 aliphatic heterocycles. The number of nitrogens with zero attached hydrogens (tertiary/aromatic N) is 2. The van der Waals surface area contributed by atoms with Crippen LogP contribution in [0, 0.1) is 18.7 Å². The number of rotatable bonds is 8. The van der Waals surface area contributed by atoms with Gasteiger partial charge in [0.1, 0.15) is 17.8 Å². The van der Waals surface area contributed by atoms with E-state index in [0.29, 0.717) is 17.9 Å². The summed E-state index contributed by atoms with van der Waals surface area (Å²) in [5, 5.41) is 2.71. The summed E-state index contributed by atoms with van der Waals surface area (Å²) < 4.78 is 24.9. The molecule has 1 unspecified atom stereocenters. The van der Waals surface area contributed by atoms with Crippen molar-refractivity contribution in [3.8, 4) is 5.75 Å². The Hall–Kier alpha value is -4.46. The van der Waals surface area contributed by atoms with Crippen molar-refractivity contribution < 1.29 is 23.1 Å². The highest BCUT2D eigenvalue weighted by molar-refractivity contribution is 5.91. The molecule has 1 aromatic heterocycles. The molecular weight excluding hydrogens is 509 g/mol. The lowest BCUT2D eigenvalue weighted by atomic mass is 9.87. The Bertz CT molecular complexity index is 1560. The van der Waals surface area contributed by atoms with E-state index in [2.05, 4.69) is 41.5 Å². The van der Waals surface area contributed by atoms with Gasteiger partial charge in [0.15, 0.2) is 12.3 Å².